The zero-order valence-corrected chi connectivity index (χ0v) is 11.5. The smallest absolute Gasteiger partial charge is 0.251 e. The first-order chi connectivity index (χ1) is 9.13. The highest BCUT2D eigenvalue weighted by molar-refractivity contribution is 5.33. The molecular formula is C14H22F2N2O. The van der Waals surface area contributed by atoms with E-state index < -0.39 is 6.43 Å². The lowest BCUT2D eigenvalue weighted by atomic mass is 10.2. The Balaban J connectivity index is 2.39. The van der Waals surface area contributed by atoms with Crippen LogP contribution in [0.5, 0.6) is 5.75 Å². The Morgan fingerprint density at radius 3 is 2.74 bits per heavy atom. The van der Waals surface area contributed by atoms with Gasteiger partial charge in [-0.25, -0.2) is 8.78 Å². The predicted octanol–water partition coefficient (Wildman–Crippen LogP) is 2.37. The fourth-order valence-electron chi connectivity index (χ4n) is 1.69. The average molecular weight is 272 g/mol. The molecule has 0 amide bonds. The predicted molar refractivity (Wildman–Crippen MR) is 72.8 cm³/mol. The van der Waals surface area contributed by atoms with E-state index in [0.29, 0.717) is 13.2 Å². The number of hydrogen-bond donors (Lipinski definition) is 1. The van der Waals surface area contributed by atoms with E-state index in [9.17, 15) is 8.78 Å². The van der Waals surface area contributed by atoms with E-state index in [1.54, 1.807) is 11.9 Å². The van der Waals surface area contributed by atoms with E-state index in [4.69, 9.17) is 4.74 Å². The highest BCUT2D eigenvalue weighted by Gasteiger charge is 2.08. The van der Waals surface area contributed by atoms with Gasteiger partial charge in [-0.3, -0.25) is 4.90 Å². The van der Waals surface area contributed by atoms with Crippen LogP contribution in [0, 0.1) is 0 Å². The lowest BCUT2D eigenvalue weighted by Crippen LogP contribution is -2.29. The maximum Gasteiger partial charge on any atom is 0.251 e. The number of benzene rings is 1. The fourth-order valence-corrected chi connectivity index (χ4v) is 1.69. The topological polar surface area (TPSA) is 24.5 Å². The van der Waals surface area contributed by atoms with Crippen molar-refractivity contribution >= 4 is 0 Å². The summed E-state index contributed by atoms with van der Waals surface area (Å²) in [4.78, 5) is 1.57. The number of para-hydroxylation sites is 1. The van der Waals surface area contributed by atoms with Crippen LogP contribution >= 0.6 is 0 Å². The number of hydrogen-bond acceptors (Lipinski definition) is 3. The summed E-state index contributed by atoms with van der Waals surface area (Å²) in [5.41, 5.74) is 1.08. The van der Waals surface area contributed by atoms with Crippen molar-refractivity contribution < 1.29 is 13.5 Å². The lowest BCUT2D eigenvalue weighted by Gasteiger charge is -2.17. The van der Waals surface area contributed by atoms with Crippen molar-refractivity contribution in [3.8, 4) is 5.75 Å². The summed E-state index contributed by atoms with van der Waals surface area (Å²) in [6, 6.07) is 7.77. The molecule has 0 heterocycles. The molecule has 0 unspecified atom stereocenters. The first kappa shape index (κ1) is 15.9. The lowest BCUT2D eigenvalue weighted by molar-refractivity contribution is 0.0934. The SMILES string of the molecule is CCNCc1ccccc1OCCN(C)CC(F)F. The normalized spacial score (nSPS) is 11.3. The third kappa shape index (κ3) is 6.50. The van der Waals surface area contributed by atoms with Crippen LogP contribution in [0.2, 0.25) is 0 Å². The zero-order chi connectivity index (χ0) is 14.1. The molecule has 19 heavy (non-hydrogen) atoms. The van der Waals surface area contributed by atoms with E-state index in [-0.39, 0.29) is 6.54 Å². The minimum atomic E-state index is -2.30. The minimum Gasteiger partial charge on any atom is -0.492 e. The Morgan fingerprint density at radius 2 is 2.05 bits per heavy atom. The van der Waals surface area contributed by atoms with Gasteiger partial charge in [0.25, 0.3) is 6.43 Å². The molecule has 0 spiro atoms. The summed E-state index contributed by atoms with van der Waals surface area (Å²) in [5.74, 6) is 0.814. The largest absolute Gasteiger partial charge is 0.492 e. The number of halogens is 2. The second-order valence-corrected chi connectivity index (χ2v) is 4.39. The Hall–Kier alpha value is -1.20. The van der Waals surface area contributed by atoms with Gasteiger partial charge in [0.15, 0.2) is 0 Å². The third-order valence-electron chi connectivity index (χ3n) is 2.72. The van der Waals surface area contributed by atoms with Crippen molar-refractivity contribution in [2.24, 2.45) is 0 Å². The zero-order valence-electron chi connectivity index (χ0n) is 11.5. The van der Waals surface area contributed by atoms with Crippen molar-refractivity contribution in [1.82, 2.24) is 10.2 Å². The van der Waals surface area contributed by atoms with E-state index in [0.717, 1.165) is 24.4 Å². The van der Waals surface area contributed by atoms with Gasteiger partial charge in [0.05, 0.1) is 6.54 Å². The molecule has 0 atom stereocenters. The molecule has 0 aliphatic carbocycles. The Labute approximate surface area is 113 Å². The molecule has 108 valence electrons. The molecule has 1 aromatic carbocycles. The highest BCUT2D eigenvalue weighted by Crippen LogP contribution is 2.17. The van der Waals surface area contributed by atoms with Crippen LogP contribution in [0.4, 0.5) is 8.78 Å². The average Bonchev–Trinajstić information content (AvgIpc) is 2.36. The number of likely N-dealkylation sites (N-methyl/N-ethyl adjacent to an activating group) is 1. The monoisotopic (exact) mass is 272 g/mol. The van der Waals surface area contributed by atoms with Gasteiger partial charge in [0, 0.05) is 18.7 Å². The van der Waals surface area contributed by atoms with Crippen LogP contribution in [0.25, 0.3) is 0 Å². The minimum absolute atomic E-state index is 0.220. The number of rotatable bonds is 9. The quantitative estimate of drug-likeness (QED) is 0.747. The summed E-state index contributed by atoms with van der Waals surface area (Å²) in [5, 5.41) is 3.24. The van der Waals surface area contributed by atoms with Crippen molar-refractivity contribution in [3.63, 3.8) is 0 Å². The van der Waals surface area contributed by atoms with Crippen molar-refractivity contribution in [1.29, 1.82) is 0 Å². The van der Waals surface area contributed by atoms with Gasteiger partial charge in [0.1, 0.15) is 12.4 Å². The second-order valence-electron chi connectivity index (χ2n) is 4.39. The molecule has 0 aliphatic heterocycles. The molecule has 0 saturated heterocycles. The van der Waals surface area contributed by atoms with Crippen LogP contribution in [0.3, 0.4) is 0 Å². The van der Waals surface area contributed by atoms with Gasteiger partial charge in [-0.15, -0.1) is 0 Å². The first-order valence-corrected chi connectivity index (χ1v) is 6.51. The Morgan fingerprint density at radius 1 is 1.32 bits per heavy atom. The standard InChI is InChI=1S/C14H22F2N2O/c1-3-17-10-12-6-4-5-7-13(12)19-9-8-18(2)11-14(15)16/h4-7,14,17H,3,8-11H2,1-2H3. The Bertz CT molecular complexity index is 361. The highest BCUT2D eigenvalue weighted by atomic mass is 19.3. The molecule has 0 saturated carbocycles. The molecular weight excluding hydrogens is 250 g/mol. The van der Waals surface area contributed by atoms with Crippen LogP contribution in [0.15, 0.2) is 24.3 Å². The molecule has 5 heteroatoms. The van der Waals surface area contributed by atoms with Gasteiger partial charge in [-0.2, -0.15) is 0 Å². The molecule has 3 nitrogen and oxygen atoms in total. The maximum absolute atomic E-state index is 12.1. The molecule has 1 aromatic rings. The van der Waals surface area contributed by atoms with Crippen LogP contribution in [0.1, 0.15) is 12.5 Å². The third-order valence-corrected chi connectivity index (χ3v) is 2.72. The summed E-state index contributed by atoms with van der Waals surface area (Å²) >= 11 is 0. The van der Waals surface area contributed by atoms with Crippen LogP contribution in [-0.2, 0) is 6.54 Å². The molecule has 0 aliphatic rings. The number of ether oxygens (including phenoxy) is 1. The molecule has 0 fully saturated rings. The summed E-state index contributed by atoms with van der Waals surface area (Å²) in [6.07, 6.45) is -2.30. The molecule has 1 N–H and O–H groups in total. The van der Waals surface area contributed by atoms with E-state index in [1.807, 2.05) is 31.2 Å². The fraction of sp³-hybridized carbons (Fsp3) is 0.571. The maximum atomic E-state index is 12.1. The van der Waals surface area contributed by atoms with Crippen molar-refractivity contribution in [2.75, 3.05) is 33.3 Å². The summed E-state index contributed by atoms with van der Waals surface area (Å²) in [7, 11) is 1.67. The van der Waals surface area contributed by atoms with Gasteiger partial charge in [0.2, 0.25) is 0 Å². The number of nitrogens with one attached hydrogen (secondary N) is 1. The number of nitrogens with zero attached hydrogens (tertiary/aromatic N) is 1. The van der Waals surface area contributed by atoms with Crippen LogP contribution in [-0.4, -0.2) is 44.6 Å². The second kappa shape index (κ2) is 8.82. The van der Waals surface area contributed by atoms with E-state index in [2.05, 4.69) is 5.32 Å². The first-order valence-electron chi connectivity index (χ1n) is 6.51. The van der Waals surface area contributed by atoms with Crippen molar-refractivity contribution in [3.05, 3.63) is 29.8 Å². The van der Waals surface area contributed by atoms with Gasteiger partial charge in [-0.1, -0.05) is 25.1 Å². The van der Waals surface area contributed by atoms with Crippen LogP contribution < -0.4 is 10.1 Å². The molecule has 0 bridgehead atoms. The summed E-state index contributed by atoms with van der Waals surface area (Å²) in [6.45, 7) is 4.36. The van der Waals surface area contributed by atoms with Gasteiger partial charge >= 0.3 is 0 Å². The summed E-state index contributed by atoms with van der Waals surface area (Å²) < 4.78 is 30.0. The van der Waals surface area contributed by atoms with E-state index >= 15 is 0 Å². The van der Waals surface area contributed by atoms with Gasteiger partial charge < -0.3 is 10.1 Å². The van der Waals surface area contributed by atoms with Crippen molar-refractivity contribution in [2.45, 2.75) is 19.9 Å². The number of alkyl halides is 2. The van der Waals surface area contributed by atoms with E-state index in [1.165, 1.54) is 0 Å². The molecule has 0 aromatic heterocycles. The Kier molecular flexibility index (Phi) is 7.36. The molecule has 0 radical (unpaired) electrons. The molecule has 1 rings (SSSR count). The van der Waals surface area contributed by atoms with Gasteiger partial charge in [-0.05, 0) is 19.7 Å².